The van der Waals surface area contributed by atoms with E-state index in [0.717, 1.165) is 6.33 Å². The Hall–Kier alpha value is -1.40. The van der Waals surface area contributed by atoms with Crippen LogP contribution in [-0.2, 0) is 27.3 Å². The molecule has 2 aromatic heterocycles. The summed E-state index contributed by atoms with van der Waals surface area (Å²) in [7, 11) is -15.1. The summed E-state index contributed by atoms with van der Waals surface area (Å²) in [6.07, 6.45) is -3.20. The number of aliphatic hydroxyl groups excluding tert-OH is 2. The lowest BCUT2D eigenvalue weighted by Crippen LogP contribution is -2.33. The van der Waals surface area contributed by atoms with Crippen LogP contribution in [0.25, 0.3) is 11.2 Å². The summed E-state index contributed by atoms with van der Waals surface area (Å²) >= 11 is 0. The average molecular weight is 525 g/mol. The van der Waals surface area contributed by atoms with Crippen molar-refractivity contribution in [1.29, 1.82) is 0 Å². The van der Waals surface area contributed by atoms with Crippen LogP contribution in [0.2, 0.25) is 0 Å². The van der Waals surface area contributed by atoms with Gasteiger partial charge in [-0.3, -0.25) is 9.09 Å². The summed E-state index contributed by atoms with van der Waals surface area (Å²) in [6, 6.07) is 0. The maximum Gasteiger partial charge on any atom is 0.481 e. The Morgan fingerprint density at radius 2 is 1.62 bits per heavy atom. The van der Waals surface area contributed by atoms with Gasteiger partial charge in [-0.05, 0) is 0 Å². The van der Waals surface area contributed by atoms with E-state index in [1.807, 2.05) is 0 Å². The lowest BCUT2D eigenvalue weighted by molar-refractivity contribution is -0.0503. The SMILES string of the molecule is Nc1ncnc2c1ncn2[C@@H]1O[C@H](COP(=O)(O)OP(=O)(O)O)[C@@H](O)[C@H]1O.O=P(O)(O)O. The molecular weight excluding hydrogens is 507 g/mol. The quantitative estimate of drug-likeness (QED) is 0.174. The van der Waals surface area contributed by atoms with E-state index in [9.17, 15) is 24.2 Å². The van der Waals surface area contributed by atoms with E-state index in [4.69, 9.17) is 39.5 Å². The molecule has 0 aromatic carbocycles. The van der Waals surface area contributed by atoms with Crippen molar-refractivity contribution in [3.05, 3.63) is 12.7 Å². The molecule has 1 saturated heterocycles. The number of ether oxygens (including phenoxy) is 1. The fourth-order valence-corrected chi connectivity index (χ4v) is 4.08. The van der Waals surface area contributed by atoms with Gasteiger partial charge >= 0.3 is 23.5 Å². The first kappa shape index (κ1) is 26.8. The van der Waals surface area contributed by atoms with E-state index in [-0.39, 0.29) is 17.0 Å². The summed E-state index contributed by atoms with van der Waals surface area (Å²) < 4.78 is 45.7. The minimum Gasteiger partial charge on any atom is -0.387 e. The van der Waals surface area contributed by atoms with E-state index in [1.165, 1.54) is 10.9 Å². The monoisotopic (exact) mass is 525 g/mol. The molecule has 0 amide bonds. The van der Waals surface area contributed by atoms with Gasteiger partial charge in [0.1, 0.15) is 30.2 Å². The van der Waals surface area contributed by atoms with Gasteiger partial charge in [0.05, 0.1) is 12.9 Å². The highest BCUT2D eigenvalue weighted by molar-refractivity contribution is 7.60. The highest BCUT2D eigenvalue weighted by Crippen LogP contribution is 2.57. The first-order valence-corrected chi connectivity index (χ1v) is 12.5. The Morgan fingerprint density at radius 1 is 1.03 bits per heavy atom. The molecule has 5 atom stereocenters. The Kier molecular flexibility index (Phi) is 8.26. The molecule has 182 valence electrons. The number of fused-ring (bicyclic) bond motifs is 1. The highest BCUT2D eigenvalue weighted by Gasteiger charge is 2.46. The molecule has 1 unspecified atom stereocenters. The van der Waals surface area contributed by atoms with Gasteiger partial charge in [-0.25, -0.2) is 28.6 Å². The third-order valence-electron chi connectivity index (χ3n) is 3.61. The van der Waals surface area contributed by atoms with Crippen LogP contribution in [0.15, 0.2) is 12.7 Å². The Labute approximate surface area is 177 Å². The fourth-order valence-electron chi connectivity index (χ4n) is 2.48. The normalized spacial score (nSPS) is 25.9. The number of nitrogens with zero attached hydrogens (tertiary/aromatic N) is 4. The number of hydrogen-bond donors (Lipinski definition) is 9. The average Bonchev–Trinajstić information content (AvgIpc) is 3.13. The molecule has 10 N–H and O–H groups in total. The van der Waals surface area contributed by atoms with Crippen LogP contribution in [0, 0.1) is 0 Å². The molecule has 22 heteroatoms. The molecule has 0 spiro atoms. The number of aromatic nitrogens is 4. The molecule has 32 heavy (non-hydrogen) atoms. The smallest absolute Gasteiger partial charge is 0.387 e. The van der Waals surface area contributed by atoms with Gasteiger partial charge in [0.2, 0.25) is 0 Å². The van der Waals surface area contributed by atoms with Gasteiger partial charge in [0.15, 0.2) is 17.7 Å². The zero-order chi connectivity index (χ0) is 24.5. The minimum atomic E-state index is -5.29. The lowest BCUT2D eigenvalue weighted by Gasteiger charge is -2.17. The molecule has 1 aliphatic rings. The van der Waals surface area contributed by atoms with Crippen molar-refractivity contribution in [1.82, 2.24) is 19.5 Å². The molecule has 3 rings (SSSR count). The van der Waals surface area contributed by atoms with Crippen LogP contribution in [0.3, 0.4) is 0 Å². The zero-order valence-corrected chi connectivity index (χ0v) is 18.1. The predicted molar refractivity (Wildman–Crippen MR) is 98.8 cm³/mol. The summed E-state index contributed by atoms with van der Waals surface area (Å²) in [5, 5.41) is 20.3. The summed E-state index contributed by atoms with van der Waals surface area (Å²) in [4.78, 5) is 59.7. The number of nitrogens with two attached hydrogens (primary N) is 1. The van der Waals surface area contributed by atoms with Crippen molar-refractivity contribution in [3.63, 3.8) is 0 Å². The van der Waals surface area contributed by atoms with Crippen molar-refractivity contribution in [3.8, 4) is 0 Å². The summed E-state index contributed by atoms with van der Waals surface area (Å²) in [5.74, 6) is 0.0856. The standard InChI is InChI=1S/C10H15N5O10P2.H3O4P/c11-8-5-9(13-2-12-8)15(3-14-5)10-7(17)6(16)4(24-10)1-23-27(21,22)25-26(18,19)20;1-5(2,3)4/h2-4,6-7,10,16-17H,1H2,(H,21,22)(H2,11,12,13)(H2,18,19,20);(H3,1,2,3,4)/t4-,6-,7-,10-;/m1./s1. The van der Waals surface area contributed by atoms with Gasteiger partial charge in [-0.15, -0.1) is 0 Å². The number of imidazole rings is 1. The van der Waals surface area contributed by atoms with E-state index in [1.54, 1.807) is 0 Å². The summed E-state index contributed by atoms with van der Waals surface area (Å²) in [6.45, 7) is -0.813. The number of phosphoric acid groups is 3. The van der Waals surface area contributed by atoms with E-state index in [0.29, 0.717) is 0 Å². The third kappa shape index (κ3) is 7.58. The maximum atomic E-state index is 11.5. The van der Waals surface area contributed by atoms with Crippen molar-refractivity contribution in [2.24, 2.45) is 0 Å². The number of rotatable bonds is 6. The number of nitrogen functional groups attached to an aromatic ring is 1. The number of hydrogen-bond acceptors (Lipinski definition) is 12. The van der Waals surface area contributed by atoms with Crippen molar-refractivity contribution >= 4 is 40.4 Å². The zero-order valence-electron chi connectivity index (χ0n) is 15.4. The topological polar surface area (TPSA) is 310 Å². The maximum absolute atomic E-state index is 11.5. The first-order chi connectivity index (χ1) is 14.5. The van der Waals surface area contributed by atoms with E-state index >= 15 is 0 Å². The van der Waals surface area contributed by atoms with Crippen LogP contribution in [-0.4, -0.2) is 84.0 Å². The van der Waals surface area contributed by atoms with Gasteiger partial charge in [0, 0.05) is 0 Å². The van der Waals surface area contributed by atoms with Crippen LogP contribution in [0.4, 0.5) is 5.82 Å². The molecule has 1 aliphatic heterocycles. The second-order valence-corrected chi connectivity index (χ2v) is 9.84. The van der Waals surface area contributed by atoms with Crippen LogP contribution >= 0.6 is 23.5 Å². The minimum absolute atomic E-state index is 0.0856. The van der Waals surface area contributed by atoms with Crippen molar-refractivity contribution in [2.75, 3.05) is 12.3 Å². The Morgan fingerprint density at radius 3 is 2.19 bits per heavy atom. The second kappa shape index (κ2) is 9.84. The third-order valence-corrected chi connectivity index (χ3v) is 5.76. The molecule has 19 nitrogen and oxygen atoms in total. The van der Waals surface area contributed by atoms with Gasteiger partial charge in [-0.1, -0.05) is 0 Å². The van der Waals surface area contributed by atoms with E-state index in [2.05, 4.69) is 23.8 Å². The molecule has 0 bridgehead atoms. The van der Waals surface area contributed by atoms with Crippen LogP contribution in [0.5, 0.6) is 0 Å². The molecular formula is C10H18N5O14P3. The van der Waals surface area contributed by atoms with Crippen LogP contribution in [0.1, 0.15) is 6.23 Å². The predicted octanol–water partition coefficient (Wildman–Crippen LogP) is -2.67. The number of anilines is 1. The van der Waals surface area contributed by atoms with E-state index < -0.39 is 54.6 Å². The Balaban J connectivity index is 0.000000654. The number of phosphoric ester groups is 1. The molecule has 0 aliphatic carbocycles. The molecule has 1 fully saturated rings. The largest absolute Gasteiger partial charge is 0.481 e. The molecule has 0 saturated carbocycles. The highest BCUT2D eigenvalue weighted by atomic mass is 31.3. The number of aliphatic hydroxyl groups is 2. The molecule has 2 aromatic rings. The molecule has 3 heterocycles. The first-order valence-electron chi connectivity index (χ1n) is 7.95. The summed E-state index contributed by atoms with van der Waals surface area (Å²) in [5.41, 5.74) is 6.11. The van der Waals surface area contributed by atoms with Crippen LogP contribution < -0.4 is 5.73 Å². The van der Waals surface area contributed by atoms with Gasteiger partial charge < -0.3 is 50.0 Å². The van der Waals surface area contributed by atoms with Gasteiger partial charge in [-0.2, -0.15) is 4.31 Å². The molecule has 0 radical (unpaired) electrons. The second-order valence-electron chi connectivity index (χ2n) is 5.98. The van der Waals surface area contributed by atoms with Gasteiger partial charge in [0.25, 0.3) is 0 Å². The Bertz CT molecular complexity index is 1080. The fraction of sp³-hybridized carbons (Fsp3) is 0.500. The van der Waals surface area contributed by atoms with Crippen molar-refractivity contribution in [2.45, 2.75) is 24.5 Å². The van der Waals surface area contributed by atoms with Crippen molar-refractivity contribution < 1.29 is 66.8 Å². The lowest BCUT2D eigenvalue weighted by atomic mass is 10.1.